The molecule has 28 heavy (non-hydrogen) atoms. The number of aryl methyl sites for hydroxylation is 2. The lowest BCUT2D eigenvalue weighted by Crippen LogP contribution is -2.14. The van der Waals surface area contributed by atoms with Crippen LogP contribution in [0.1, 0.15) is 28.0 Å². The molecule has 1 aliphatic rings. The molecule has 0 radical (unpaired) electrons. The summed E-state index contributed by atoms with van der Waals surface area (Å²) in [6, 6.07) is 6.11. The van der Waals surface area contributed by atoms with Crippen LogP contribution in [0.25, 0.3) is 11.4 Å². The van der Waals surface area contributed by atoms with Gasteiger partial charge in [-0.05, 0) is 30.9 Å². The third-order valence-electron chi connectivity index (χ3n) is 4.65. The molecule has 1 amide bonds. The molecule has 3 aromatic rings. The minimum atomic E-state index is -0.565. The largest absolute Gasteiger partial charge is 0.364 e. The molecule has 0 fully saturated rings. The number of benzene rings is 1. The van der Waals surface area contributed by atoms with E-state index in [2.05, 4.69) is 20.4 Å². The van der Waals surface area contributed by atoms with Crippen molar-refractivity contribution in [2.75, 3.05) is 5.32 Å². The van der Waals surface area contributed by atoms with Crippen molar-refractivity contribution in [2.45, 2.75) is 19.3 Å². The standard InChI is InChI=1S/C18H17N7O3/c1-24-16-13(15(23-24)17(19)26)7-2-4-10-9-20-18(22-14(10)16)21-11-5-3-6-12(8-11)25(27)28/h3,5-6,8-9H,2,4,7H2,1H3,(H2,19,26)(H,20,21,22). The Morgan fingerprint density at radius 2 is 2.18 bits per heavy atom. The second-order valence-electron chi connectivity index (χ2n) is 6.52. The molecule has 0 spiro atoms. The number of nitrogens with zero attached hydrogens (tertiary/aromatic N) is 5. The summed E-state index contributed by atoms with van der Waals surface area (Å²) >= 11 is 0. The van der Waals surface area contributed by atoms with E-state index in [9.17, 15) is 14.9 Å². The van der Waals surface area contributed by atoms with Gasteiger partial charge in [0.1, 0.15) is 0 Å². The van der Waals surface area contributed by atoms with Crippen LogP contribution >= 0.6 is 0 Å². The molecule has 0 bridgehead atoms. The minimum absolute atomic E-state index is 0.0280. The number of aromatic nitrogens is 4. The van der Waals surface area contributed by atoms with Gasteiger partial charge in [0.15, 0.2) is 5.69 Å². The van der Waals surface area contributed by atoms with Crippen LogP contribution in [0.3, 0.4) is 0 Å². The predicted molar refractivity (Wildman–Crippen MR) is 101 cm³/mol. The summed E-state index contributed by atoms with van der Waals surface area (Å²) in [5, 5.41) is 18.2. The first kappa shape index (κ1) is 17.6. The van der Waals surface area contributed by atoms with Crippen LogP contribution < -0.4 is 11.1 Å². The molecule has 2 aromatic heterocycles. The molecule has 4 rings (SSSR count). The maximum atomic E-state index is 11.8. The number of nitrogens with one attached hydrogen (secondary N) is 1. The molecule has 142 valence electrons. The smallest absolute Gasteiger partial charge is 0.271 e. The van der Waals surface area contributed by atoms with Crippen molar-refractivity contribution in [3.05, 3.63) is 57.4 Å². The monoisotopic (exact) mass is 379 g/mol. The quantitative estimate of drug-likeness (QED) is 0.522. The zero-order valence-corrected chi connectivity index (χ0v) is 15.0. The van der Waals surface area contributed by atoms with Gasteiger partial charge in [0.2, 0.25) is 5.95 Å². The van der Waals surface area contributed by atoms with Gasteiger partial charge in [-0.15, -0.1) is 0 Å². The Balaban J connectivity index is 1.77. The van der Waals surface area contributed by atoms with Crippen LogP contribution in [-0.4, -0.2) is 30.6 Å². The molecule has 1 aromatic carbocycles. The number of amides is 1. The van der Waals surface area contributed by atoms with E-state index in [4.69, 9.17) is 5.73 Å². The number of nitro groups is 1. The number of carbonyl (C=O) groups excluding carboxylic acids is 1. The maximum Gasteiger partial charge on any atom is 0.271 e. The highest BCUT2D eigenvalue weighted by Crippen LogP contribution is 2.33. The molecule has 0 saturated carbocycles. The summed E-state index contributed by atoms with van der Waals surface area (Å²) in [6.07, 6.45) is 3.99. The molecule has 3 N–H and O–H groups in total. The van der Waals surface area contributed by atoms with Gasteiger partial charge >= 0.3 is 0 Å². The highest BCUT2D eigenvalue weighted by atomic mass is 16.6. The van der Waals surface area contributed by atoms with E-state index in [1.54, 1.807) is 30.1 Å². The number of fused-ring (bicyclic) bond motifs is 3. The zero-order chi connectivity index (χ0) is 19.8. The van der Waals surface area contributed by atoms with Gasteiger partial charge in [-0.2, -0.15) is 5.10 Å². The highest BCUT2D eigenvalue weighted by molar-refractivity contribution is 5.94. The molecule has 10 nitrogen and oxygen atoms in total. The van der Waals surface area contributed by atoms with Crippen molar-refractivity contribution in [2.24, 2.45) is 12.8 Å². The molecule has 10 heteroatoms. The fraction of sp³-hybridized carbons (Fsp3) is 0.222. The van der Waals surface area contributed by atoms with E-state index in [0.717, 1.165) is 29.7 Å². The van der Waals surface area contributed by atoms with Crippen LogP contribution in [-0.2, 0) is 19.9 Å². The molecule has 0 unspecified atom stereocenters. The van der Waals surface area contributed by atoms with Crippen LogP contribution in [0.15, 0.2) is 30.5 Å². The fourth-order valence-electron chi connectivity index (χ4n) is 3.44. The summed E-state index contributed by atoms with van der Waals surface area (Å²) in [5.74, 6) is -0.266. The van der Waals surface area contributed by atoms with Crippen molar-refractivity contribution in [3.63, 3.8) is 0 Å². The van der Waals surface area contributed by atoms with Crippen LogP contribution in [0, 0.1) is 10.1 Å². The first-order chi connectivity index (χ1) is 13.4. The Hall–Kier alpha value is -3.82. The third kappa shape index (κ3) is 3.04. The first-order valence-corrected chi connectivity index (χ1v) is 8.67. The molecule has 2 heterocycles. The lowest BCUT2D eigenvalue weighted by molar-refractivity contribution is -0.384. The minimum Gasteiger partial charge on any atom is -0.364 e. The van der Waals surface area contributed by atoms with Gasteiger partial charge in [-0.3, -0.25) is 19.6 Å². The normalized spacial score (nSPS) is 12.6. The van der Waals surface area contributed by atoms with Gasteiger partial charge in [-0.25, -0.2) is 9.97 Å². The van der Waals surface area contributed by atoms with E-state index < -0.39 is 10.8 Å². The summed E-state index contributed by atoms with van der Waals surface area (Å²) in [5.41, 5.74) is 9.37. The zero-order valence-electron chi connectivity index (χ0n) is 15.0. The molecule has 1 aliphatic carbocycles. The second-order valence-corrected chi connectivity index (χ2v) is 6.52. The van der Waals surface area contributed by atoms with E-state index in [-0.39, 0.29) is 11.4 Å². The van der Waals surface area contributed by atoms with Gasteiger partial charge in [0.05, 0.1) is 16.3 Å². The van der Waals surface area contributed by atoms with Gasteiger partial charge < -0.3 is 11.1 Å². The van der Waals surface area contributed by atoms with Crippen molar-refractivity contribution in [1.29, 1.82) is 0 Å². The molecular formula is C18H17N7O3. The average molecular weight is 379 g/mol. The number of hydrogen-bond acceptors (Lipinski definition) is 7. The Labute approximate surface area is 159 Å². The van der Waals surface area contributed by atoms with E-state index in [1.165, 1.54) is 12.1 Å². The number of rotatable bonds is 4. The number of primary amides is 1. The number of anilines is 2. The second kappa shape index (κ2) is 6.72. The number of nitrogens with two attached hydrogens (primary N) is 1. The van der Waals surface area contributed by atoms with Crippen LogP contribution in [0.5, 0.6) is 0 Å². The van der Waals surface area contributed by atoms with Crippen molar-refractivity contribution in [3.8, 4) is 11.4 Å². The van der Waals surface area contributed by atoms with E-state index in [1.807, 2.05) is 0 Å². The summed E-state index contributed by atoms with van der Waals surface area (Å²) in [4.78, 5) is 31.2. The Kier molecular flexibility index (Phi) is 4.22. The average Bonchev–Trinajstić information content (AvgIpc) is 2.87. The molecule has 0 aliphatic heterocycles. The van der Waals surface area contributed by atoms with Crippen LogP contribution in [0.4, 0.5) is 17.3 Å². The van der Waals surface area contributed by atoms with Crippen molar-refractivity contribution in [1.82, 2.24) is 19.7 Å². The highest BCUT2D eigenvalue weighted by Gasteiger charge is 2.26. The number of hydrogen-bond donors (Lipinski definition) is 2. The Morgan fingerprint density at radius 3 is 2.93 bits per heavy atom. The molecule has 0 saturated heterocycles. The number of nitro benzene ring substituents is 1. The third-order valence-corrected chi connectivity index (χ3v) is 4.65. The SMILES string of the molecule is Cn1nc(C(N)=O)c2c1-c1nc(Nc3cccc([N+](=O)[O-])c3)ncc1CCC2. The van der Waals surface area contributed by atoms with Gasteiger partial charge in [0, 0.05) is 36.6 Å². The fourth-order valence-corrected chi connectivity index (χ4v) is 3.44. The van der Waals surface area contributed by atoms with Crippen molar-refractivity contribution >= 4 is 23.2 Å². The maximum absolute atomic E-state index is 11.8. The lowest BCUT2D eigenvalue weighted by Gasteiger charge is -2.10. The van der Waals surface area contributed by atoms with E-state index in [0.29, 0.717) is 23.8 Å². The summed E-state index contributed by atoms with van der Waals surface area (Å²) in [7, 11) is 1.75. The van der Waals surface area contributed by atoms with Gasteiger partial charge in [-0.1, -0.05) is 6.07 Å². The lowest BCUT2D eigenvalue weighted by atomic mass is 10.1. The Morgan fingerprint density at radius 1 is 1.36 bits per heavy atom. The summed E-state index contributed by atoms with van der Waals surface area (Å²) < 4.78 is 1.61. The van der Waals surface area contributed by atoms with E-state index >= 15 is 0 Å². The van der Waals surface area contributed by atoms with Crippen molar-refractivity contribution < 1.29 is 9.72 Å². The number of carbonyl (C=O) groups is 1. The molecule has 0 atom stereocenters. The number of non-ortho nitro benzene ring substituents is 1. The first-order valence-electron chi connectivity index (χ1n) is 8.67. The Bertz CT molecular complexity index is 1110. The predicted octanol–water partition coefficient (Wildman–Crippen LogP) is 2.12. The topological polar surface area (TPSA) is 142 Å². The van der Waals surface area contributed by atoms with Crippen LogP contribution in [0.2, 0.25) is 0 Å². The van der Waals surface area contributed by atoms with Gasteiger partial charge in [0.25, 0.3) is 11.6 Å². The molecular weight excluding hydrogens is 362 g/mol. The summed E-state index contributed by atoms with van der Waals surface area (Å²) in [6.45, 7) is 0.